The average Bonchev–Trinajstić information content (AvgIpc) is 2.66. The van der Waals surface area contributed by atoms with Gasteiger partial charge >= 0.3 is 5.97 Å². The van der Waals surface area contributed by atoms with E-state index in [2.05, 4.69) is 5.32 Å². The minimum Gasteiger partial charge on any atom is -0.484 e. The van der Waals surface area contributed by atoms with E-state index in [4.69, 9.17) is 14.7 Å². The molecule has 0 radical (unpaired) electrons. The van der Waals surface area contributed by atoms with Crippen LogP contribution < -0.4 is 10.1 Å². The Kier molecular flexibility index (Phi) is 6.75. The fourth-order valence-corrected chi connectivity index (χ4v) is 2.31. The molecule has 0 heterocycles. The van der Waals surface area contributed by atoms with Crippen LogP contribution in [0.1, 0.15) is 29.2 Å². The maximum absolute atomic E-state index is 12.2. The summed E-state index contributed by atoms with van der Waals surface area (Å²) >= 11 is 0. The number of methoxy groups -OCH3 is 1. The van der Waals surface area contributed by atoms with Crippen LogP contribution in [-0.2, 0) is 14.3 Å². The highest BCUT2D eigenvalue weighted by Crippen LogP contribution is 2.18. The normalized spacial score (nSPS) is 11.1. The van der Waals surface area contributed by atoms with Gasteiger partial charge in [0.25, 0.3) is 5.91 Å². The van der Waals surface area contributed by atoms with Crippen molar-refractivity contribution in [1.29, 1.82) is 5.26 Å². The molecular weight excluding hydrogens is 332 g/mol. The van der Waals surface area contributed by atoms with Gasteiger partial charge in [0.1, 0.15) is 5.75 Å². The summed E-state index contributed by atoms with van der Waals surface area (Å²) in [7, 11) is 1.31. The van der Waals surface area contributed by atoms with E-state index in [9.17, 15) is 9.59 Å². The fraction of sp³-hybridized carbons (Fsp3) is 0.250. The molecule has 0 bridgehead atoms. The zero-order chi connectivity index (χ0) is 18.9. The van der Waals surface area contributed by atoms with E-state index < -0.39 is 12.0 Å². The van der Waals surface area contributed by atoms with Crippen molar-refractivity contribution < 1.29 is 19.1 Å². The number of hydrogen-bond acceptors (Lipinski definition) is 5. The second-order valence-electron chi connectivity index (χ2n) is 5.74. The van der Waals surface area contributed by atoms with Gasteiger partial charge in [-0.15, -0.1) is 0 Å². The molecular formula is C20H20N2O4. The number of carbonyl (C=O) groups excluding carboxylic acids is 2. The minimum absolute atomic E-state index is 0.0299. The zero-order valence-corrected chi connectivity index (χ0v) is 14.7. The molecule has 6 heteroatoms. The number of nitriles is 1. The molecule has 0 saturated heterocycles. The molecule has 1 amide bonds. The van der Waals surface area contributed by atoms with Crippen molar-refractivity contribution in [1.82, 2.24) is 5.32 Å². The number of aryl methyl sites for hydroxylation is 1. The number of amides is 1. The Morgan fingerprint density at radius 3 is 2.35 bits per heavy atom. The van der Waals surface area contributed by atoms with Crippen molar-refractivity contribution in [2.24, 2.45) is 0 Å². The van der Waals surface area contributed by atoms with Crippen molar-refractivity contribution in [2.75, 3.05) is 13.7 Å². The lowest BCUT2D eigenvalue weighted by atomic mass is 10.0. The van der Waals surface area contributed by atoms with Gasteiger partial charge in [-0.3, -0.25) is 9.59 Å². The molecule has 0 aliphatic heterocycles. The molecule has 2 aromatic carbocycles. The highest BCUT2D eigenvalue weighted by molar-refractivity contribution is 5.79. The Labute approximate surface area is 152 Å². The van der Waals surface area contributed by atoms with Crippen LogP contribution in [-0.4, -0.2) is 25.6 Å². The summed E-state index contributed by atoms with van der Waals surface area (Å²) in [6.45, 7) is 1.76. The number of esters is 1. The van der Waals surface area contributed by atoms with Crippen LogP contribution in [0.15, 0.2) is 48.5 Å². The van der Waals surface area contributed by atoms with E-state index in [0.717, 1.165) is 11.1 Å². The lowest BCUT2D eigenvalue weighted by Gasteiger charge is -2.18. The first-order valence-corrected chi connectivity index (χ1v) is 8.07. The predicted octanol–water partition coefficient (Wildman–Crippen LogP) is 2.67. The van der Waals surface area contributed by atoms with Crippen LogP contribution in [0.5, 0.6) is 5.75 Å². The third-order valence-electron chi connectivity index (χ3n) is 3.77. The molecule has 0 aliphatic rings. The Morgan fingerprint density at radius 1 is 1.12 bits per heavy atom. The highest BCUT2D eigenvalue weighted by Gasteiger charge is 2.19. The van der Waals surface area contributed by atoms with E-state index in [1.165, 1.54) is 7.11 Å². The van der Waals surface area contributed by atoms with Gasteiger partial charge in [0, 0.05) is 0 Å². The Bertz CT molecular complexity index is 792. The van der Waals surface area contributed by atoms with Crippen LogP contribution in [0, 0.1) is 18.3 Å². The summed E-state index contributed by atoms with van der Waals surface area (Å²) < 4.78 is 10.1. The molecule has 6 nitrogen and oxygen atoms in total. The predicted molar refractivity (Wildman–Crippen MR) is 95.3 cm³/mol. The van der Waals surface area contributed by atoms with Gasteiger partial charge in [-0.25, -0.2) is 0 Å². The molecule has 2 rings (SSSR count). The van der Waals surface area contributed by atoms with Gasteiger partial charge in [-0.05, 0) is 36.8 Å². The number of rotatable bonds is 7. The van der Waals surface area contributed by atoms with Crippen LogP contribution >= 0.6 is 0 Å². The van der Waals surface area contributed by atoms with Crippen molar-refractivity contribution in [3.63, 3.8) is 0 Å². The lowest BCUT2D eigenvalue weighted by molar-refractivity contribution is -0.141. The molecule has 2 aromatic rings. The third-order valence-corrected chi connectivity index (χ3v) is 3.77. The summed E-state index contributed by atoms with van der Waals surface area (Å²) in [6, 6.07) is 15.5. The van der Waals surface area contributed by atoms with E-state index in [-0.39, 0.29) is 18.9 Å². The van der Waals surface area contributed by atoms with E-state index in [1.807, 2.05) is 37.3 Å². The first-order valence-electron chi connectivity index (χ1n) is 8.07. The molecule has 0 fully saturated rings. The summed E-state index contributed by atoms with van der Waals surface area (Å²) in [5, 5.41) is 11.6. The Morgan fingerprint density at radius 2 is 1.77 bits per heavy atom. The lowest BCUT2D eigenvalue weighted by Crippen LogP contribution is -2.34. The maximum atomic E-state index is 12.2. The van der Waals surface area contributed by atoms with E-state index in [1.54, 1.807) is 24.3 Å². The van der Waals surface area contributed by atoms with Crippen molar-refractivity contribution in [2.45, 2.75) is 19.4 Å². The molecule has 0 unspecified atom stereocenters. The van der Waals surface area contributed by atoms with Gasteiger partial charge in [-0.2, -0.15) is 5.26 Å². The first-order chi connectivity index (χ1) is 12.5. The molecule has 134 valence electrons. The van der Waals surface area contributed by atoms with Crippen LogP contribution in [0.25, 0.3) is 0 Å². The average molecular weight is 352 g/mol. The molecule has 0 saturated carbocycles. The Balaban J connectivity index is 1.99. The van der Waals surface area contributed by atoms with Crippen molar-refractivity contribution in [3.8, 4) is 11.8 Å². The number of ether oxygens (including phenoxy) is 2. The van der Waals surface area contributed by atoms with Gasteiger partial charge in [-0.1, -0.05) is 29.8 Å². The highest BCUT2D eigenvalue weighted by atomic mass is 16.5. The molecule has 0 aromatic heterocycles. The number of carbonyl (C=O) groups is 2. The molecule has 1 N–H and O–H groups in total. The number of nitrogens with zero attached hydrogens (tertiary/aromatic N) is 1. The van der Waals surface area contributed by atoms with Crippen LogP contribution in [0.2, 0.25) is 0 Å². The molecule has 0 spiro atoms. The second kappa shape index (κ2) is 9.23. The SMILES string of the molecule is COC(=O)C[C@@H](NC(=O)COc1ccc(C#N)cc1)c1ccc(C)cc1. The van der Waals surface area contributed by atoms with E-state index in [0.29, 0.717) is 11.3 Å². The largest absolute Gasteiger partial charge is 0.484 e. The number of nitrogens with one attached hydrogen (secondary N) is 1. The van der Waals surface area contributed by atoms with E-state index >= 15 is 0 Å². The van der Waals surface area contributed by atoms with Gasteiger partial charge in [0.15, 0.2) is 6.61 Å². The zero-order valence-electron chi connectivity index (χ0n) is 14.7. The summed E-state index contributed by atoms with van der Waals surface area (Å²) in [6.07, 6.45) is 0.0299. The molecule has 26 heavy (non-hydrogen) atoms. The summed E-state index contributed by atoms with van der Waals surface area (Å²) in [5.74, 6) is -0.285. The molecule has 1 atom stereocenters. The number of hydrogen-bond donors (Lipinski definition) is 1. The topological polar surface area (TPSA) is 88.4 Å². The van der Waals surface area contributed by atoms with Gasteiger partial charge in [0.2, 0.25) is 0 Å². The van der Waals surface area contributed by atoms with Crippen molar-refractivity contribution in [3.05, 3.63) is 65.2 Å². The van der Waals surface area contributed by atoms with Gasteiger partial charge < -0.3 is 14.8 Å². The fourth-order valence-electron chi connectivity index (χ4n) is 2.31. The van der Waals surface area contributed by atoms with Crippen molar-refractivity contribution >= 4 is 11.9 Å². The maximum Gasteiger partial charge on any atom is 0.307 e. The second-order valence-corrected chi connectivity index (χ2v) is 5.74. The number of benzene rings is 2. The monoisotopic (exact) mass is 352 g/mol. The smallest absolute Gasteiger partial charge is 0.307 e. The molecule has 0 aliphatic carbocycles. The minimum atomic E-state index is -0.500. The van der Waals surface area contributed by atoms with Crippen LogP contribution in [0.4, 0.5) is 0 Å². The standard InChI is InChI=1S/C20H20N2O4/c1-14-3-7-16(8-4-14)18(11-20(24)25-2)22-19(23)13-26-17-9-5-15(12-21)6-10-17/h3-10,18H,11,13H2,1-2H3,(H,22,23)/t18-/m1/s1. The first kappa shape index (κ1) is 19.0. The summed E-state index contributed by atoms with van der Waals surface area (Å²) in [4.78, 5) is 23.9. The third kappa shape index (κ3) is 5.64. The quantitative estimate of drug-likeness (QED) is 0.774. The summed E-state index contributed by atoms with van der Waals surface area (Å²) in [5.41, 5.74) is 2.41. The van der Waals surface area contributed by atoms with Gasteiger partial charge in [0.05, 0.1) is 31.2 Å². The van der Waals surface area contributed by atoms with Crippen LogP contribution in [0.3, 0.4) is 0 Å². The Hall–Kier alpha value is -3.33.